The molecule has 3 nitrogen and oxygen atoms in total. The van der Waals surface area contributed by atoms with Crippen LogP contribution in [0.1, 0.15) is 12.8 Å². The average molecular weight is 277 g/mol. The Hall–Kier alpha value is -0.100. The SMILES string of the molecule is Ic1cnn(CCNC2CC2)c1. The smallest absolute Gasteiger partial charge is 0.0623 e. The molecule has 1 aromatic rings. The monoisotopic (exact) mass is 277 g/mol. The number of rotatable bonds is 4. The van der Waals surface area contributed by atoms with Crippen molar-refractivity contribution in [3.63, 3.8) is 0 Å². The van der Waals surface area contributed by atoms with Crippen LogP contribution in [0.2, 0.25) is 0 Å². The fraction of sp³-hybridized carbons (Fsp3) is 0.625. The van der Waals surface area contributed by atoms with Crippen molar-refractivity contribution in [2.24, 2.45) is 0 Å². The fourth-order valence-electron chi connectivity index (χ4n) is 1.13. The van der Waals surface area contributed by atoms with Crippen LogP contribution in [0, 0.1) is 3.57 Å². The molecule has 1 aromatic heterocycles. The van der Waals surface area contributed by atoms with Gasteiger partial charge in [0.2, 0.25) is 0 Å². The summed E-state index contributed by atoms with van der Waals surface area (Å²) in [6.07, 6.45) is 6.67. The Morgan fingerprint density at radius 2 is 2.50 bits per heavy atom. The molecule has 0 aliphatic heterocycles. The van der Waals surface area contributed by atoms with E-state index in [4.69, 9.17) is 0 Å². The molecule has 0 radical (unpaired) electrons. The van der Waals surface area contributed by atoms with Crippen molar-refractivity contribution in [2.45, 2.75) is 25.4 Å². The standard InChI is InChI=1S/C8H12IN3/c9-7-5-11-12(6-7)4-3-10-8-1-2-8/h5-6,8,10H,1-4H2. The lowest BCUT2D eigenvalue weighted by Gasteiger charge is -2.01. The Kier molecular flexibility index (Phi) is 2.65. The van der Waals surface area contributed by atoms with Gasteiger partial charge in [0.15, 0.2) is 0 Å². The van der Waals surface area contributed by atoms with Gasteiger partial charge >= 0.3 is 0 Å². The first-order valence-corrected chi connectivity index (χ1v) is 5.34. The van der Waals surface area contributed by atoms with E-state index >= 15 is 0 Å². The third-order valence-electron chi connectivity index (χ3n) is 1.95. The molecule has 0 amide bonds. The van der Waals surface area contributed by atoms with E-state index in [1.165, 1.54) is 16.4 Å². The molecule has 0 aromatic carbocycles. The predicted octanol–water partition coefficient (Wildman–Crippen LogP) is 1.24. The highest BCUT2D eigenvalue weighted by Crippen LogP contribution is 2.18. The van der Waals surface area contributed by atoms with Crippen LogP contribution >= 0.6 is 22.6 Å². The zero-order valence-electron chi connectivity index (χ0n) is 6.83. The third kappa shape index (κ3) is 2.45. The van der Waals surface area contributed by atoms with Gasteiger partial charge in [0.1, 0.15) is 0 Å². The average Bonchev–Trinajstić information content (AvgIpc) is 2.76. The van der Waals surface area contributed by atoms with Crippen molar-refractivity contribution < 1.29 is 0 Å². The first-order valence-electron chi connectivity index (χ1n) is 4.26. The molecule has 0 bridgehead atoms. The number of nitrogens with one attached hydrogen (secondary N) is 1. The van der Waals surface area contributed by atoms with Crippen molar-refractivity contribution in [3.8, 4) is 0 Å². The van der Waals surface area contributed by atoms with Gasteiger partial charge < -0.3 is 5.32 Å². The molecule has 4 heteroatoms. The van der Waals surface area contributed by atoms with Crippen LogP contribution in [0.4, 0.5) is 0 Å². The highest BCUT2D eigenvalue weighted by molar-refractivity contribution is 14.1. The Labute approximate surface area is 85.7 Å². The Morgan fingerprint density at radius 3 is 3.08 bits per heavy atom. The van der Waals surface area contributed by atoms with Gasteiger partial charge in [-0.3, -0.25) is 4.68 Å². The first-order chi connectivity index (χ1) is 5.84. The summed E-state index contributed by atoms with van der Waals surface area (Å²) in [6.45, 7) is 2.03. The minimum Gasteiger partial charge on any atom is -0.312 e. The molecule has 12 heavy (non-hydrogen) atoms. The Balaban J connectivity index is 1.71. The summed E-state index contributed by atoms with van der Waals surface area (Å²) in [6, 6.07) is 0.805. The topological polar surface area (TPSA) is 29.9 Å². The second kappa shape index (κ2) is 3.74. The van der Waals surface area contributed by atoms with Crippen LogP contribution in [0.3, 0.4) is 0 Å². The van der Waals surface area contributed by atoms with E-state index in [0.29, 0.717) is 0 Å². The molecule has 1 aliphatic carbocycles. The molecule has 66 valence electrons. The third-order valence-corrected chi connectivity index (χ3v) is 2.51. The van der Waals surface area contributed by atoms with Crippen LogP contribution in [0.25, 0.3) is 0 Å². The minimum absolute atomic E-state index is 0.805. The molecule has 1 aliphatic rings. The van der Waals surface area contributed by atoms with Gasteiger partial charge in [-0.15, -0.1) is 0 Å². The van der Waals surface area contributed by atoms with Crippen LogP contribution < -0.4 is 5.32 Å². The summed E-state index contributed by atoms with van der Waals surface area (Å²) >= 11 is 2.27. The zero-order valence-corrected chi connectivity index (χ0v) is 8.99. The second-order valence-electron chi connectivity index (χ2n) is 3.15. The van der Waals surface area contributed by atoms with Gasteiger partial charge in [-0.25, -0.2) is 0 Å². The van der Waals surface area contributed by atoms with Crippen LogP contribution in [-0.2, 0) is 6.54 Å². The maximum Gasteiger partial charge on any atom is 0.0623 e. The number of nitrogens with zero attached hydrogens (tertiary/aromatic N) is 2. The number of hydrogen-bond acceptors (Lipinski definition) is 2. The number of halogens is 1. The number of hydrogen-bond donors (Lipinski definition) is 1. The minimum atomic E-state index is 0.805. The maximum atomic E-state index is 4.20. The molecule has 0 unspecified atom stereocenters. The summed E-state index contributed by atoms with van der Waals surface area (Å²) < 4.78 is 3.19. The van der Waals surface area contributed by atoms with Gasteiger partial charge in [0.05, 0.1) is 16.3 Å². The highest BCUT2D eigenvalue weighted by Gasteiger charge is 2.19. The molecule has 0 spiro atoms. The molecule has 0 atom stereocenters. The van der Waals surface area contributed by atoms with Crippen molar-refractivity contribution in [3.05, 3.63) is 16.0 Å². The largest absolute Gasteiger partial charge is 0.312 e. The van der Waals surface area contributed by atoms with E-state index in [0.717, 1.165) is 19.1 Å². The lowest BCUT2D eigenvalue weighted by atomic mass is 10.6. The quantitative estimate of drug-likeness (QED) is 0.839. The van der Waals surface area contributed by atoms with Crippen molar-refractivity contribution in [2.75, 3.05) is 6.54 Å². The summed E-state index contributed by atoms with van der Waals surface area (Å²) in [5.41, 5.74) is 0. The van der Waals surface area contributed by atoms with Gasteiger partial charge in [-0.1, -0.05) is 0 Å². The van der Waals surface area contributed by atoms with Crippen molar-refractivity contribution in [1.29, 1.82) is 0 Å². The summed E-state index contributed by atoms with van der Waals surface area (Å²) in [5.74, 6) is 0. The van der Waals surface area contributed by atoms with Crippen LogP contribution in [0.5, 0.6) is 0 Å². The van der Waals surface area contributed by atoms with Gasteiger partial charge in [0, 0.05) is 18.8 Å². The lowest BCUT2D eigenvalue weighted by Crippen LogP contribution is -2.21. The van der Waals surface area contributed by atoms with Gasteiger partial charge in [0.25, 0.3) is 0 Å². The Bertz CT molecular complexity index is 255. The molecule has 1 fully saturated rings. The molecular weight excluding hydrogens is 265 g/mol. The molecule has 1 saturated carbocycles. The van der Waals surface area contributed by atoms with Crippen LogP contribution in [0.15, 0.2) is 12.4 Å². The predicted molar refractivity (Wildman–Crippen MR) is 56.0 cm³/mol. The van der Waals surface area contributed by atoms with E-state index < -0.39 is 0 Å². The van der Waals surface area contributed by atoms with Gasteiger partial charge in [-0.05, 0) is 35.4 Å². The van der Waals surface area contributed by atoms with Crippen LogP contribution in [-0.4, -0.2) is 22.4 Å². The van der Waals surface area contributed by atoms with E-state index in [9.17, 15) is 0 Å². The fourth-order valence-corrected chi connectivity index (χ4v) is 1.58. The Morgan fingerprint density at radius 1 is 1.67 bits per heavy atom. The van der Waals surface area contributed by atoms with Gasteiger partial charge in [-0.2, -0.15) is 5.10 Å². The maximum absolute atomic E-state index is 4.20. The van der Waals surface area contributed by atoms with E-state index in [-0.39, 0.29) is 0 Å². The van der Waals surface area contributed by atoms with E-state index in [1.54, 1.807) is 0 Å². The lowest BCUT2D eigenvalue weighted by molar-refractivity contribution is 0.553. The van der Waals surface area contributed by atoms with Crippen molar-refractivity contribution in [1.82, 2.24) is 15.1 Å². The molecule has 1 N–H and O–H groups in total. The second-order valence-corrected chi connectivity index (χ2v) is 4.40. The highest BCUT2D eigenvalue weighted by atomic mass is 127. The number of aromatic nitrogens is 2. The summed E-state index contributed by atoms with van der Waals surface area (Å²) in [5, 5.41) is 7.65. The molecular formula is C8H12IN3. The summed E-state index contributed by atoms with van der Waals surface area (Å²) in [7, 11) is 0. The normalized spacial score (nSPS) is 16.8. The molecule has 0 saturated heterocycles. The molecule has 2 rings (SSSR count). The molecule has 1 heterocycles. The first kappa shape index (κ1) is 8.50. The zero-order chi connectivity index (χ0) is 8.39. The van der Waals surface area contributed by atoms with E-state index in [2.05, 4.69) is 39.2 Å². The van der Waals surface area contributed by atoms with Crippen molar-refractivity contribution >= 4 is 22.6 Å². The van der Waals surface area contributed by atoms with E-state index in [1.807, 2.05) is 10.9 Å². The summed E-state index contributed by atoms with van der Waals surface area (Å²) in [4.78, 5) is 0.